The highest BCUT2D eigenvalue weighted by atomic mass is 35.5. The number of benzene rings is 2. The van der Waals surface area contributed by atoms with Crippen LogP contribution >= 0.6 is 11.6 Å². The monoisotopic (exact) mass is 389 g/mol. The van der Waals surface area contributed by atoms with Gasteiger partial charge >= 0.3 is 0 Å². The van der Waals surface area contributed by atoms with Gasteiger partial charge in [-0.3, -0.25) is 4.79 Å². The van der Waals surface area contributed by atoms with Gasteiger partial charge in [0.15, 0.2) is 0 Å². The van der Waals surface area contributed by atoms with E-state index in [0.717, 1.165) is 27.8 Å². The van der Waals surface area contributed by atoms with Crippen molar-refractivity contribution in [3.05, 3.63) is 94.3 Å². The molecule has 0 aliphatic carbocycles. The number of amides is 1. The summed E-state index contributed by atoms with van der Waals surface area (Å²) in [7, 11) is 0. The number of hydrogen-bond acceptors (Lipinski definition) is 2. The highest BCUT2D eigenvalue weighted by molar-refractivity contribution is 6.39. The third kappa shape index (κ3) is 3.51. The average molecular weight is 390 g/mol. The van der Waals surface area contributed by atoms with Gasteiger partial charge in [-0.25, -0.2) is 4.98 Å². The molecule has 0 spiro atoms. The van der Waals surface area contributed by atoms with Gasteiger partial charge in [-0.05, 0) is 37.1 Å². The Labute approximate surface area is 168 Å². The smallest absolute Gasteiger partial charge is 0.258 e. The van der Waals surface area contributed by atoms with E-state index >= 15 is 0 Å². The van der Waals surface area contributed by atoms with Crippen LogP contribution in [0.3, 0.4) is 0 Å². The van der Waals surface area contributed by atoms with Crippen LogP contribution in [0.5, 0.6) is 0 Å². The van der Waals surface area contributed by atoms with Gasteiger partial charge in [0, 0.05) is 30.0 Å². The zero-order valence-electron chi connectivity index (χ0n) is 15.7. The summed E-state index contributed by atoms with van der Waals surface area (Å²) in [5.41, 5.74) is 5.18. The van der Waals surface area contributed by atoms with Gasteiger partial charge < -0.3 is 9.88 Å². The molecule has 0 aliphatic rings. The topological polar surface area (TPSA) is 46.9 Å². The third-order valence-electron chi connectivity index (χ3n) is 4.76. The summed E-state index contributed by atoms with van der Waals surface area (Å²) in [5.74, 6) is -0.265. The molecule has 28 heavy (non-hydrogen) atoms. The van der Waals surface area contributed by atoms with Gasteiger partial charge in [0.1, 0.15) is 5.65 Å². The SMILES string of the molecule is Cc1ccc(NC(=O)c2cnc3c(c(C)cn3Cc3ccccc3)c2Cl)cc1. The quantitative estimate of drug-likeness (QED) is 0.493. The van der Waals surface area contributed by atoms with E-state index in [-0.39, 0.29) is 5.91 Å². The van der Waals surface area contributed by atoms with Crippen LogP contribution in [0, 0.1) is 13.8 Å². The largest absolute Gasteiger partial charge is 0.328 e. The molecule has 1 N–H and O–H groups in total. The number of aryl methyl sites for hydroxylation is 2. The number of nitrogens with one attached hydrogen (secondary N) is 1. The van der Waals surface area contributed by atoms with Crippen molar-refractivity contribution in [1.29, 1.82) is 0 Å². The number of pyridine rings is 1. The molecular weight excluding hydrogens is 370 g/mol. The predicted octanol–water partition coefficient (Wildman–Crippen LogP) is 5.61. The van der Waals surface area contributed by atoms with E-state index in [1.54, 1.807) is 6.20 Å². The van der Waals surface area contributed by atoms with Crippen molar-refractivity contribution >= 4 is 34.2 Å². The first-order valence-corrected chi connectivity index (χ1v) is 9.46. The van der Waals surface area contributed by atoms with Crippen molar-refractivity contribution in [3.8, 4) is 0 Å². The lowest BCUT2D eigenvalue weighted by Gasteiger charge is -2.09. The summed E-state index contributed by atoms with van der Waals surface area (Å²) in [6, 6.07) is 17.8. The lowest BCUT2D eigenvalue weighted by atomic mass is 10.1. The Morgan fingerprint density at radius 2 is 1.79 bits per heavy atom. The Morgan fingerprint density at radius 1 is 1.07 bits per heavy atom. The second kappa shape index (κ2) is 7.49. The maximum atomic E-state index is 12.7. The summed E-state index contributed by atoms with van der Waals surface area (Å²) in [6.45, 7) is 4.69. The van der Waals surface area contributed by atoms with E-state index in [2.05, 4.69) is 27.0 Å². The number of carbonyl (C=O) groups is 1. The van der Waals surface area contributed by atoms with E-state index in [4.69, 9.17) is 11.6 Å². The van der Waals surface area contributed by atoms with Crippen LogP contribution in [0.15, 0.2) is 67.0 Å². The van der Waals surface area contributed by atoms with Gasteiger partial charge in [0.25, 0.3) is 5.91 Å². The fourth-order valence-corrected chi connectivity index (χ4v) is 3.67. The van der Waals surface area contributed by atoms with E-state index < -0.39 is 0 Å². The van der Waals surface area contributed by atoms with E-state index in [1.165, 1.54) is 5.56 Å². The van der Waals surface area contributed by atoms with Crippen LogP contribution in [0.4, 0.5) is 5.69 Å². The molecule has 0 aliphatic heterocycles. The zero-order chi connectivity index (χ0) is 19.7. The number of aromatic nitrogens is 2. The van der Waals surface area contributed by atoms with Gasteiger partial charge in [-0.15, -0.1) is 0 Å². The summed E-state index contributed by atoms with van der Waals surface area (Å²) < 4.78 is 2.06. The first-order chi connectivity index (χ1) is 13.5. The molecule has 4 aromatic rings. The maximum Gasteiger partial charge on any atom is 0.258 e. The fourth-order valence-electron chi connectivity index (χ4n) is 3.30. The molecule has 0 bridgehead atoms. The number of carbonyl (C=O) groups excluding carboxylic acids is 1. The van der Waals surface area contributed by atoms with E-state index in [0.29, 0.717) is 17.1 Å². The predicted molar refractivity (Wildman–Crippen MR) is 114 cm³/mol. The molecular formula is C23H20ClN3O. The molecule has 2 aromatic carbocycles. The zero-order valence-corrected chi connectivity index (χ0v) is 16.5. The molecule has 0 saturated carbocycles. The molecule has 0 radical (unpaired) electrons. The number of anilines is 1. The van der Waals surface area contributed by atoms with Crippen LogP contribution in [-0.4, -0.2) is 15.5 Å². The van der Waals surface area contributed by atoms with Crippen LogP contribution in [-0.2, 0) is 6.54 Å². The van der Waals surface area contributed by atoms with Gasteiger partial charge in [0.05, 0.1) is 10.6 Å². The molecule has 4 nitrogen and oxygen atoms in total. The molecule has 0 saturated heterocycles. The minimum absolute atomic E-state index is 0.265. The highest BCUT2D eigenvalue weighted by Crippen LogP contribution is 2.31. The minimum Gasteiger partial charge on any atom is -0.328 e. The number of nitrogens with zero attached hydrogens (tertiary/aromatic N) is 2. The minimum atomic E-state index is -0.265. The second-order valence-corrected chi connectivity index (χ2v) is 7.31. The van der Waals surface area contributed by atoms with Gasteiger partial charge in [-0.1, -0.05) is 59.6 Å². The standard InChI is InChI=1S/C23H20ClN3O/c1-15-8-10-18(11-9-15)26-23(28)19-12-25-22-20(21(19)24)16(2)13-27(22)14-17-6-4-3-5-7-17/h3-13H,14H2,1-2H3,(H,26,28). The van der Waals surface area contributed by atoms with Crippen molar-refractivity contribution in [2.75, 3.05) is 5.32 Å². The van der Waals surface area contributed by atoms with Crippen molar-refractivity contribution in [2.45, 2.75) is 20.4 Å². The van der Waals surface area contributed by atoms with E-state index in [1.807, 2.05) is 62.5 Å². The lowest BCUT2D eigenvalue weighted by Crippen LogP contribution is -2.13. The van der Waals surface area contributed by atoms with Gasteiger partial charge in [-0.2, -0.15) is 0 Å². The van der Waals surface area contributed by atoms with E-state index in [9.17, 15) is 4.79 Å². The summed E-state index contributed by atoms with van der Waals surface area (Å²) in [6.07, 6.45) is 3.58. The number of rotatable bonds is 4. The summed E-state index contributed by atoms with van der Waals surface area (Å²) >= 11 is 6.64. The lowest BCUT2D eigenvalue weighted by molar-refractivity contribution is 0.102. The van der Waals surface area contributed by atoms with Crippen LogP contribution in [0.2, 0.25) is 5.02 Å². The summed E-state index contributed by atoms with van der Waals surface area (Å²) in [4.78, 5) is 17.3. The molecule has 140 valence electrons. The molecule has 2 heterocycles. The van der Waals surface area contributed by atoms with Crippen LogP contribution < -0.4 is 5.32 Å². The number of halogens is 1. The number of hydrogen-bond donors (Lipinski definition) is 1. The summed E-state index contributed by atoms with van der Waals surface area (Å²) in [5, 5.41) is 4.13. The average Bonchev–Trinajstić information content (AvgIpc) is 3.01. The first-order valence-electron chi connectivity index (χ1n) is 9.09. The van der Waals surface area contributed by atoms with Crippen molar-refractivity contribution in [2.24, 2.45) is 0 Å². The maximum absolute atomic E-state index is 12.7. The van der Waals surface area contributed by atoms with Crippen LogP contribution in [0.1, 0.15) is 27.0 Å². The van der Waals surface area contributed by atoms with Crippen molar-refractivity contribution < 1.29 is 4.79 Å². The fraction of sp³-hybridized carbons (Fsp3) is 0.130. The molecule has 5 heteroatoms. The molecule has 0 fully saturated rings. The molecule has 2 aromatic heterocycles. The Morgan fingerprint density at radius 3 is 2.50 bits per heavy atom. The molecule has 4 rings (SSSR count). The third-order valence-corrected chi connectivity index (χ3v) is 5.15. The van der Waals surface area contributed by atoms with Crippen molar-refractivity contribution in [1.82, 2.24) is 9.55 Å². The first kappa shape index (κ1) is 18.3. The molecule has 1 amide bonds. The normalized spacial score (nSPS) is 11.0. The second-order valence-electron chi connectivity index (χ2n) is 6.93. The van der Waals surface area contributed by atoms with Crippen LogP contribution in [0.25, 0.3) is 11.0 Å². The molecule has 0 unspecified atom stereocenters. The Hall–Kier alpha value is -3.11. The Kier molecular flexibility index (Phi) is 4.88. The Bertz CT molecular complexity index is 1150. The van der Waals surface area contributed by atoms with Gasteiger partial charge in [0.2, 0.25) is 0 Å². The number of fused-ring (bicyclic) bond motifs is 1. The Balaban J connectivity index is 1.68. The highest BCUT2D eigenvalue weighted by Gasteiger charge is 2.18. The van der Waals surface area contributed by atoms with Crippen molar-refractivity contribution in [3.63, 3.8) is 0 Å². The molecule has 0 atom stereocenters.